The van der Waals surface area contributed by atoms with Gasteiger partial charge in [0.1, 0.15) is 5.82 Å². The summed E-state index contributed by atoms with van der Waals surface area (Å²) in [5.41, 5.74) is 2.21. The largest absolute Gasteiger partial charge is 0.388 e. The van der Waals surface area contributed by atoms with E-state index in [9.17, 15) is 9.50 Å². The summed E-state index contributed by atoms with van der Waals surface area (Å²) in [6, 6.07) is 6.37. The maximum atomic E-state index is 13.4. The van der Waals surface area contributed by atoms with Gasteiger partial charge in [-0.1, -0.05) is 23.7 Å². The average molecular weight is 283 g/mol. The first-order valence-electron chi connectivity index (χ1n) is 6.18. The van der Waals surface area contributed by atoms with E-state index in [0.717, 1.165) is 17.9 Å². The fourth-order valence-electron chi connectivity index (χ4n) is 2.12. The highest BCUT2D eigenvalue weighted by atomic mass is 35.5. The molecule has 1 atom stereocenters. The third-order valence-corrected chi connectivity index (χ3v) is 3.43. The Labute approximate surface area is 116 Å². The zero-order valence-electron chi connectivity index (χ0n) is 10.9. The standard InChI is InChI=1S/C14H16ClFN2O/c1-3-18-10(7-9(2)17-18)8-13(19)11-5-4-6-12(16)14(11)15/h4-7,13,19H,3,8H2,1-2H3. The van der Waals surface area contributed by atoms with Gasteiger partial charge < -0.3 is 5.11 Å². The van der Waals surface area contributed by atoms with Gasteiger partial charge in [-0.05, 0) is 26.0 Å². The Morgan fingerprint density at radius 1 is 1.47 bits per heavy atom. The molecule has 0 radical (unpaired) electrons. The van der Waals surface area contributed by atoms with E-state index in [0.29, 0.717) is 12.0 Å². The number of rotatable bonds is 4. The Bertz CT molecular complexity index is 583. The SMILES string of the molecule is CCn1nc(C)cc1CC(O)c1cccc(F)c1Cl. The maximum Gasteiger partial charge on any atom is 0.142 e. The van der Waals surface area contributed by atoms with Crippen molar-refractivity contribution in [3.05, 3.63) is 52.1 Å². The lowest BCUT2D eigenvalue weighted by Gasteiger charge is -2.13. The van der Waals surface area contributed by atoms with Crippen LogP contribution in [0.1, 0.15) is 30.0 Å². The minimum Gasteiger partial charge on any atom is -0.388 e. The number of nitrogens with zero attached hydrogens (tertiary/aromatic N) is 2. The molecular weight excluding hydrogens is 267 g/mol. The Balaban J connectivity index is 2.25. The minimum atomic E-state index is -0.843. The fraction of sp³-hybridized carbons (Fsp3) is 0.357. The summed E-state index contributed by atoms with van der Waals surface area (Å²) in [6.07, 6.45) is -0.484. The lowest BCUT2D eigenvalue weighted by Crippen LogP contribution is -2.09. The van der Waals surface area contributed by atoms with Gasteiger partial charge in [-0.15, -0.1) is 0 Å². The molecule has 1 heterocycles. The lowest BCUT2D eigenvalue weighted by molar-refractivity contribution is 0.175. The molecule has 0 aliphatic carbocycles. The predicted molar refractivity (Wildman–Crippen MR) is 72.7 cm³/mol. The molecule has 1 aromatic carbocycles. The zero-order valence-corrected chi connectivity index (χ0v) is 11.7. The van der Waals surface area contributed by atoms with Gasteiger partial charge in [0.15, 0.2) is 0 Å². The molecule has 1 aromatic heterocycles. The number of aromatic nitrogens is 2. The van der Waals surface area contributed by atoms with Crippen LogP contribution < -0.4 is 0 Å². The molecule has 102 valence electrons. The van der Waals surface area contributed by atoms with Crippen molar-refractivity contribution >= 4 is 11.6 Å². The molecule has 0 aliphatic heterocycles. The van der Waals surface area contributed by atoms with Gasteiger partial charge in [0.05, 0.1) is 16.8 Å². The first-order chi connectivity index (χ1) is 9.02. The number of halogens is 2. The molecule has 0 bridgehead atoms. The summed E-state index contributed by atoms with van der Waals surface area (Å²) in [4.78, 5) is 0. The quantitative estimate of drug-likeness (QED) is 0.934. The monoisotopic (exact) mass is 282 g/mol. The van der Waals surface area contributed by atoms with Crippen LogP contribution in [-0.4, -0.2) is 14.9 Å². The van der Waals surface area contributed by atoms with E-state index in [1.54, 1.807) is 12.1 Å². The van der Waals surface area contributed by atoms with Crippen molar-refractivity contribution < 1.29 is 9.50 Å². The normalized spacial score (nSPS) is 12.7. The van der Waals surface area contributed by atoms with E-state index >= 15 is 0 Å². The van der Waals surface area contributed by atoms with E-state index in [2.05, 4.69) is 5.10 Å². The molecule has 0 fully saturated rings. The van der Waals surface area contributed by atoms with Crippen molar-refractivity contribution in [2.75, 3.05) is 0 Å². The van der Waals surface area contributed by atoms with Gasteiger partial charge in [-0.2, -0.15) is 5.10 Å². The van der Waals surface area contributed by atoms with Gasteiger partial charge in [0, 0.05) is 24.2 Å². The van der Waals surface area contributed by atoms with Crippen LogP contribution in [0, 0.1) is 12.7 Å². The van der Waals surface area contributed by atoms with Crippen LogP contribution in [0.3, 0.4) is 0 Å². The third-order valence-electron chi connectivity index (χ3n) is 3.03. The van der Waals surface area contributed by atoms with Crippen molar-refractivity contribution in [1.82, 2.24) is 9.78 Å². The summed E-state index contributed by atoms with van der Waals surface area (Å²) in [6.45, 7) is 4.61. The first-order valence-corrected chi connectivity index (χ1v) is 6.56. The number of aryl methyl sites for hydroxylation is 2. The third kappa shape index (κ3) is 2.96. The number of benzene rings is 1. The van der Waals surface area contributed by atoms with Crippen LogP contribution in [0.5, 0.6) is 0 Å². The summed E-state index contributed by atoms with van der Waals surface area (Å²) in [5.74, 6) is -0.515. The number of aliphatic hydroxyl groups is 1. The Morgan fingerprint density at radius 3 is 2.89 bits per heavy atom. The van der Waals surface area contributed by atoms with Gasteiger partial charge in [-0.3, -0.25) is 4.68 Å². The van der Waals surface area contributed by atoms with Crippen LogP contribution in [0.2, 0.25) is 5.02 Å². The average Bonchev–Trinajstić information content (AvgIpc) is 2.72. The molecule has 0 saturated heterocycles. The predicted octanol–water partition coefficient (Wildman–Crippen LogP) is 3.28. The van der Waals surface area contributed by atoms with E-state index in [1.165, 1.54) is 6.07 Å². The first kappa shape index (κ1) is 14.0. The van der Waals surface area contributed by atoms with E-state index in [-0.39, 0.29) is 5.02 Å². The molecule has 0 spiro atoms. The van der Waals surface area contributed by atoms with Gasteiger partial charge in [-0.25, -0.2) is 4.39 Å². The van der Waals surface area contributed by atoms with Crippen LogP contribution in [0.15, 0.2) is 24.3 Å². The second-order valence-electron chi connectivity index (χ2n) is 4.46. The van der Waals surface area contributed by atoms with E-state index in [1.807, 2.05) is 24.6 Å². The maximum absolute atomic E-state index is 13.4. The number of hydrogen-bond acceptors (Lipinski definition) is 2. The van der Waals surface area contributed by atoms with Crippen molar-refractivity contribution in [3.8, 4) is 0 Å². The van der Waals surface area contributed by atoms with Crippen molar-refractivity contribution in [3.63, 3.8) is 0 Å². The topological polar surface area (TPSA) is 38.0 Å². The Morgan fingerprint density at radius 2 is 2.21 bits per heavy atom. The van der Waals surface area contributed by atoms with Gasteiger partial charge in [0.2, 0.25) is 0 Å². The van der Waals surface area contributed by atoms with Crippen molar-refractivity contribution in [1.29, 1.82) is 0 Å². The number of hydrogen-bond donors (Lipinski definition) is 1. The highest BCUT2D eigenvalue weighted by Gasteiger charge is 2.17. The molecule has 2 aromatic rings. The molecule has 0 aliphatic rings. The molecule has 19 heavy (non-hydrogen) atoms. The molecule has 2 rings (SSSR count). The molecule has 0 amide bonds. The van der Waals surface area contributed by atoms with Crippen LogP contribution in [0.4, 0.5) is 4.39 Å². The highest BCUT2D eigenvalue weighted by Crippen LogP contribution is 2.27. The smallest absolute Gasteiger partial charge is 0.142 e. The Hall–Kier alpha value is -1.39. The molecule has 5 heteroatoms. The molecular formula is C14H16ClFN2O. The summed E-state index contributed by atoms with van der Waals surface area (Å²) >= 11 is 5.88. The molecule has 0 saturated carbocycles. The summed E-state index contributed by atoms with van der Waals surface area (Å²) in [7, 11) is 0. The Kier molecular flexibility index (Phi) is 4.22. The summed E-state index contributed by atoms with van der Waals surface area (Å²) < 4.78 is 15.2. The number of aliphatic hydroxyl groups excluding tert-OH is 1. The fourth-order valence-corrected chi connectivity index (χ4v) is 2.38. The lowest BCUT2D eigenvalue weighted by atomic mass is 10.0. The molecule has 1 unspecified atom stereocenters. The van der Waals surface area contributed by atoms with Gasteiger partial charge >= 0.3 is 0 Å². The molecule has 1 N–H and O–H groups in total. The highest BCUT2D eigenvalue weighted by molar-refractivity contribution is 6.31. The minimum absolute atomic E-state index is 0.0192. The second-order valence-corrected chi connectivity index (χ2v) is 4.83. The van der Waals surface area contributed by atoms with Crippen LogP contribution >= 0.6 is 11.6 Å². The summed E-state index contributed by atoms with van der Waals surface area (Å²) in [5, 5.41) is 14.5. The van der Waals surface area contributed by atoms with E-state index in [4.69, 9.17) is 11.6 Å². The van der Waals surface area contributed by atoms with Crippen molar-refractivity contribution in [2.45, 2.75) is 32.9 Å². The van der Waals surface area contributed by atoms with Crippen molar-refractivity contribution in [2.24, 2.45) is 0 Å². The zero-order chi connectivity index (χ0) is 14.0. The van der Waals surface area contributed by atoms with E-state index < -0.39 is 11.9 Å². The molecule has 3 nitrogen and oxygen atoms in total. The van der Waals surface area contributed by atoms with Crippen LogP contribution in [-0.2, 0) is 13.0 Å². The second kappa shape index (κ2) is 5.72. The van der Waals surface area contributed by atoms with Crippen LogP contribution in [0.25, 0.3) is 0 Å². The van der Waals surface area contributed by atoms with Gasteiger partial charge in [0.25, 0.3) is 0 Å².